The van der Waals surface area contributed by atoms with Crippen LogP contribution in [0.2, 0.25) is 0 Å². The molecule has 3 nitrogen and oxygen atoms in total. The molecule has 0 saturated heterocycles. The lowest BCUT2D eigenvalue weighted by molar-refractivity contribution is 0.259. The fourth-order valence-electron chi connectivity index (χ4n) is 3.49. The van der Waals surface area contributed by atoms with E-state index >= 15 is 0 Å². The van der Waals surface area contributed by atoms with Crippen molar-refractivity contribution < 1.29 is 4.52 Å². The zero-order valence-electron chi connectivity index (χ0n) is 13.5. The minimum atomic E-state index is 0.465. The van der Waals surface area contributed by atoms with Crippen molar-refractivity contribution >= 4 is 0 Å². The van der Waals surface area contributed by atoms with Crippen LogP contribution in [0.1, 0.15) is 70.1 Å². The Balaban J connectivity index is 1.55. The van der Waals surface area contributed by atoms with Gasteiger partial charge in [-0.25, -0.2) is 0 Å². The van der Waals surface area contributed by atoms with Gasteiger partial charge in [0.25, 0.3) is 0 Å². The molecule has 1 aliphatic rings. The Bertz CT molecular complexity index is 556. The third-order valence-corrected chi connectivity index (χ3v) is 4.89. The molecule has 22 heavy (non-hydrogen) atoms. The molecule has 0 unspecified atom stereocenters. The average molecular weight is 298 g/mol. The van der Waals surface area contributed by atoms with Gasteiger partial charge in [-0.1, -0.05) is 68.1 Å². The van der Waals surface area contributed by atoms with Crippen LogP contribution in [0.25, 0.3) is 11.4 Å². The number of aromatic nitrogens is 2. The molecule has 0 aliphatic heterocycles. The molecule has 3 heteroatoms. The predicted octanol–water partition coefficient (Wildman–Crippen LogP) is 5.59. The van der Waals surface area contributed by atoms with Crippen LogP contribution >= 0.6 is 0 Å². The molecule has 1 aromatic heterocycles. The molecule has 1 heterocycles. The highest BCUT2D eigenvalue weighted by Gasteiger charge is 2.26. The molecule has 0 atom stereocenters. The standard InChI is InChI=1S/C19H26N2O/c1-2-3-5-8-15-11-13-17(14-12-15)19-20-18(21-22-19)16-9-6-4-7-10-16/h4,6-7,9-10,15,17H,2-3,5,8,11-14H2,1H3. The Morgan fingerprint density at radius 3 is 2.55 bits per heavy atom. The SMILES string of the molecule is CCCCCC1CCC(c2nc(-c3ccccc3)no2)CC1. The Morgan fingerprint density at radius 1 is 1.05 bits per heavy atom. The molecule has 0 radical (unpaired) electrons. The van der Waals surface area contributed by atoms with E-state index in [2.05, 4.69) is 17.1 Å². The number of benzene rings is 1. The van der Waals surface area contributed by atoms with Crippen LogP contribution in [0.15, 0.2) is 34.9 Å². The van der Waals surface area contributed by atoms with Crippen molar-refractivity contribution in [2.45, 2.75) is 64.2 Å². The molecule has 0 N–H and O–H groups in total. The summed E-state index contributed by atoms with van der Waals surface area (Å²) in [6.45, 7) is 2.27. The van der Waals surface area contributed by atoms with Crippen LogP contribution in [0.5, 0.6) is 0 Å². The molecule has 1 aliphatic carbocycles. The number of hydrogen-bond acceptors (Lipinski definition) is 3. The van der Waals surface area contributed by atoms with Crippen molar-refractivity contribution in [3.8, 4) is 11.4 Å². The summed E-state index contributed by atoms with van der Waals surface area (Å²) in [6, 6.07) is 10.1. The van der Waals surface area contributed by atoms with Crippen molar-refractivity contribution in [2.24, 2.45) is 5.92 Å². The third-order valence-electron chi connectivity index (χ3n) is 4.89. The van der Waals surface area contributed by atoms with Crippen LogP contribution in [-0.4, -0.2) is 10.1 Å². The normalized spacial score (nSPS) is 21.9. The summed E-state index contributed by atoms with van der Waals surface area (Å²) in [4.78, 5) is 4.63. The summed E-state index contributed by atoms with van der Waals surface area (Å²) >= 11 is 0. The summed E-state index contributed by atoms with van der Waals surface area (Å²) in [5.74, 6) is 2.94. The molecule has 2 aromatic rings. The van der Waals surface area contributed by atoms with Gasteiger partial charge < -0.3 is 4.52 Å². The maximum Gasteiger partial charge on any atom is 0.230 e. The predicted molar refractivity (Wildman–Crippen MR) is 88.6 cm³/mol. The quantitative estimate of drug-likeness (QED) is 0.652. The number of unbranched alkanes of at least 4 members (excludes halogenated alkanes) is 2. The van der Waals surface area contributed by atoms with E-state index in [1.54, 1.807) is 0 Å². The summed E-state index contributed by atoms with van der Waals surface area (Å²) in [5.41, 5.74) is 1.03. The van der Waals surface area contributed by atoms with E-state index in [1.807, 2.05) is 30.3 Å². The smallest absolute Gasteiger partial charge is 0.230 e. The fraction of sp³-hybridized carbons (Fsp3) is 0.579. The zero-order chi connectivity index (χ0) is 15.2. The van der Waals surface area contributed by atoms with Crippen molar-refractivity contribution in [3.63, 3.8) is 0 Å². The lowest BCUT2D eigenvalue weighted by atomic mass is 9.79. The van der Waals surface area contributed by atoms with E-state index in [9.17, 15) is 0 Å². The second kappa shape index (κ2) is 7.57. The Hall–Kier alpha value is -1.64. The first-order chi connectivity index (χ1) is 10.9. The molecule has 118 valence electrons. The fourth-order valence-corrected chi connectivity index (χ4v) is 3.49. The van der Waals surface area contributed by atoms with Crippen LogP contribution in [0.3, 0.4) is 0 Å². The molecule has 1 aromatic carbocycles. The summed E-state index contributed by atoms with van der Waals surface area (Å²) in [7, 11) is 0. The van der Waals surface area contributed by atoms with E-state index in [0.717, 1.165) is 23.2 Å². The molecule has 0 spiro atoms. The van der Waals surface area contributed by atoms with Crippen LogP contribution in [0.4, 0.5) is 0 Å². The zero-order valence-corrected chi connectivity index (χ0v) is 13.5. The van der Waals surface area contributed by atoms with Crippen molar-refractivity contribution in [1.82, 2.24) is 10.1 Å². The molecule has 3 rings (SSSR count). The average Bonchev–Trinajstić information content (AvgIpc) is 3.07. The first-order valence-corrected chi connectivity index (χ1v) is 8.76. The maximum atomic E-state index is 5.53. The number of rotatable bonds is 6. The van der Waals surface area contributed by atoms with E-state index in [-0.39, 0.29) is 0 Å². The van der Waals surface area contributed by atoms with Crippen LogP contribution < -0.4 is 0 Å². The van der Waals surface area contributed by atoms with Gasteiger partial charge in [0.05, 0.1) is 0 Å². The Kier molecular flexibility index (Phi) is 5.25. The lowest BCUT2D eigenvalue weighted by Gasteiger charge is -2.26. The van der Waals surface area contributed by atoms with E-state index < -0.39 is 0 Å². The second-order valence-electron chi connectivity index (χ2n) is 6.54. The van der Waals surface area contributed by atoms with Gasteiger partial charge in [0, 0.05) is 11.5 Å². The van der Waals surface area contributed by atoms with Gasteiger partial charge in [0.1, 0.15) is 0 Å². The van der Waals surface area contributed by atoms with E-state index in [4.69, 9.17) is 4.52 Å². The molecule has 1 saturated carbocycles. The van der Waals surface area contributed by atoms with Crippen LogP contribution in [-0.2, 0) is 0 Å². The van der Waals surface area contributed by atoms with Gasteiger partial charge in [-0.2, -0.15) is 4.98 Å². The first-order valence-electron chi connectivity index (χ1n) is 8.76. The summed E-state index contributed by atoms with van der Waals surface area (Å²) < 4.78 is 5.53. The molecular formula is C19H26N2O. The van der Waals surface area contributed by atoms with Crippen molar-refractivity contribution in [3.05, 3.63) is 36.2 Å². The van der Waals surface area contributed by atoms with Gasteiger partial charge in [0.2, 0.25) is 11.7 Å². The molecule has 1 fully saturated rings. The van der Waals surface area contributed by atoms with Crippen molar-refractivity contribution in [2.75, 3.05) is 0 Å². The highest BCUT2D eigenvalue weighted by atomic mass is 16.5. The first kappa shape index (κ1) is 15.3. The second-order valence-corrected chi connectivity index (χ2v) is 6.54. The highest BCUT2D eigenvalue weighted by molar-refractivity contribution is 5.53. The molecular weight excluding hydrogens is 272 g/mol. The molecule has 0 amide bonds. The lowest BCUT2D eigenvalue weighted by Crippen LogP contribution is -2.13. The van der Waals surface area contributed by atoms with Crippen LogP contribution in [0, 0.1) is 5.92 Å². The van der Waals surface area contributed by atoms with Crippen molar-refractivity contribution in [1.29, 1.82) is 0 Å². The highest BCUT2D eigenvalue weighted by Crippen LogP contribution is 2.37. The van der Waals surface area contributed by atoms with Gasteiger partial charge in [-0.15, -0.1) is 0 Å². The minimum absolute atomic E-state index is 0.465. The monoisotopic (exact) mass is 298 g/mol. The number of hydrogen-bond donors (Lipinski definition) is 0. The minimum Gasteiger partial charge on any atom is -0.339 e. The van der Waals surface area contributed by atoms with E-state index in [1.165, 1.54) is 51.4 Å². The van der Waals surface area contributed by atoms with E-state index in [0.29, 0.717) is 5.92 Å². The van der Waals surface area contributed by atoms with Gasteiger partial charge in [0.15, 0.2) is 0 Å². The van der Waals surface area contributed by atoms with Gasteiger partial charge in [-0.3, -0.25) is 0 Å². The Labute approximate surface area is 133 Å². The molecule has 0 bridgehead atoms. The third kappa shape index (κ3) is 3.76. The largest absolute Gasteiger partial charge is 0.339 e. The topological polar surface area (TPSA) is 38.9 Å². The van der Waals surface area contributed by atoms with Gasteiger partial charge in [-0.05, 0) is 31.6 Å². The maximum absolute atomic E-state index is 5.53. The number of nitrogens with zero attached hydrogens (tertiary/aromatic N) is 2. The Morgan fingerprint density at radius 2 is 1.82 bits per heavy atom. The summed E-state index contributed by atoms with van der Waals surface area (Å²) in [5, 5.41) is 4.16. The summed E-state index contributed by atoms with van der Waals surface area (Å²) in [6.07, 6.45) is 10.5. The van der Waals surface area contributed by atoms with Gasteiger partial charge >= 0.3 is 0 Å².